The van der Waals surface area contributed by atoms with Gasteiger partial charge in [0.05, 0.1) is 10.5 Å². The predicted molar refractivity (Wildman–Crippen MR) is 70.1 cm³/mol. The van der Waals surface area contributed by atoms with Gasteiger partial charge in [-0.1, -0.05) is 6.07 Å². The molecular weight excluding hydrogens is 329 g/mol. The van der Waals surface area contributed by atoms with Gasteiger partial charge in [-0.2, -0.15) is 0 Å². The molecule has 8 heteroatoms. The molecule has 0 atom stereocenters. The molecule has 0 spiro atoms. The van der Waals surface area contributed by atoms with Crippen LogP contribution in [0.5, 0.6) is 5.75 Å². The van der Waals surface area contributed by atoms with Crippen molar-refractivity contribution in [3.63, 3.8) is 0 Å². The molecule has 0 radical (unpaired) electrons. The number of ether oxygens (including phenoxy) is 1. The average molecular weight is 337 g/mol. The maximum atomic E-state index is 13.6. The molecule has 0 saturated carbocycles. The Bertz CT molecular complexity index is 758. The second-order valence-corrected chi connectivity index (χ2v) is 6.58. The summed E-state index contributed by atoms with van der Waals surface area (Å²) in [6.07, 6.45) is 0. The quantitative estimate of drug-likeness (QED) is 0.801. The number of hydrogen-bond donors (Lipinski definition) is 0. The largest absolute Gasteiger partial charge is 0.486 e. The molecule has 2 aromatic rings. The van der Waals surface area contributed by atoms with Crippen molar-refractivity contribution in [3.05, 3.63) is 59.4 Å². The monoisotopic (exact) mass is 336 g/mol. The van der Waals surface area contributed by atoms with Crippen LogP contribution < -0.4 is 4.74 Å². The van der Waals surface area contributed by atoms with E-state index in [2.05, 4.69) is 0 Å². The summed E-state index contributed by atoms with van der Waals surface area (Å²) in [7, 11) is 0.997. The van der Waals surface area contributed by atoms with Crippen LogP contribution in [0.15, 0.2) is 41.3 Å². The van der Waals surface area contributed by atoms with Gasteiger partial charge in [0.1, 0.15) is 18.2 Å². The van der Waals surface area contributed by atoms with E-state index >= 15 is 0 Å². The van der Waals surface area contributed by atoms with Gasteiger partial charge in [-0.15, -0.1) is 0 Å². The summed E-state index contributed by atoms with van der Waals surface area (Å²) in [5.74, 6) is -3.00. The molecule has 112 valence electrons. The molecule has 0 heterocycles. The lowest BCUT2D eigenvalue weighted by Crippen LogP contribution is -2.03. The maximum Gasteiger partial charge on any atom is 0.261 e. The average Bonchev–Trinajstić information content (AvgIpc) is 2.38. The zero-order valence-electron chi connectivity index (χ0n) is 10.3. The van der Waals surface area contributed by atoms with Crippen molar-refractivity contribution >= 4 is 19.7 Å². The van der Waals surface area contributed by atoms with Crippen LogP contribution in [-0.2, 0) is 15.7 Å². The predicted octanol–water partition coefficient (Wildman–Crippen LogP) is 3.61. The Morgan fingerprint density at radius 3 is 2.14 bits per heavy atom. The molecule has 0 aliphatic carbocycles. The molecule has 0 amide bonds. The van der Waals surface area contributed by atoms with Crippen molar-refractivity contribution in [2.24, 2.45) is 0 Å². The second kappa shape index (κ2) is 5.95. The molecule has 3 nitrogen and oxygen atoms in total. The Morgan fingerprint density at radius 2 is 1.62 bits per heavy atom. The topological polar surface area (TPSA) is 43.4 Å². The molecule has 0 saturated heterocycles. The standard InChI is InChI=1S/C13H8ClF3O3S/c14-21(18,19)8-4-5-13(12(17)6-8)20-7-9-10(15)2-1-3-11(9)16/h1-6H,7H2. The summed E-state index contributed by atoms with van der Waals surface area (Å²) < 4.78 is 67.4. The highest BCUT2D eigenvalue weighted by Gasteiger charge is 2.15. The number of halogens is 4. The fraction of sp³-hybridized carbons (Fsp3) is 0.0769. The zero-order valence-corrected chi connectivity index (χ0v) is 11.9. The Kier molecular flexibility index (Phi) is 4.43. The molecule has 21 heavy (non-hydrogen) atoms. The van der Waals surface area contributed by atoms with E-state index in [1.807, 2.05) is 0 Å². The van der Waals surface area contributed by atoms with Gasteiger partial charge in [0.25, 0.3) is 9.05 Å². The van der Waals surface area contributed by atoms with Crippen LogP contribution in [-0.4, -0.2) is 8.42 Å². The van der Waals surface area contributed by atoms with Gasteiger partial charge in [0.2, 0.25) is 0 Å². The Hall–Kier alpha value is -1.73. The fourth-order valence-electron chi connectivity index (χ4n) is 1.57. The van der Waals surface area contributed by atoms with E-state index < -0.39 is 38.0 Å². The summed E-state index contributed by atoms with van der Waals surface area (Å²) in [5, 5.41) is 0. The smallest absolute Gasteiger partial charge is 0.261 e. The van der Waals surface area contributed by atoms with Crippen molar-refractivity contribution in [2.45, 2.75) is 11.5 Å². The van der Waals surface area contributed by atoms with E-state index in [0.29, 0.717) is 6.07 Å². The highest BCUT2D eigenvalue weighted by atomic mass is 35.7. The maximum absolute atomic E-state index is 13.6. The van der Waals surface area contributed by atoms with Crippen molar-refractivity contribution < 1.29 is 26.3 Å². The third-order valence-electron chi connectivity index (χ3n) is 2.62. The third-order valence-corrected chi connectivity index (χ3v) is 3.97. The first-order valence-electron chi connectivity index (χ1n) is 5.59. The summed E-state index contributed by atoms with van der Waals surface area (Å²) in [4.78, 5) is -0.439. The summed E-state index contributed by atoms with van der Waals surface area (Å²) in [5.41, 5.74) is -0.356. The molecule has 2 aromatic carbocycles. The summed E-state index contributed by atoms with van der Waals surface area (Å²) in [6, 6.07) is 5.98. The molecule has 0 unspecified atom stereocenters. The molecule has 0 aromatic heterocycles. The Labute approximate surface area is 123 Å². The van der Waals surface area contributed by atoms with Crippen LogP contribution in [0, 0.1) is 17.5 Å². The van der Waals surface area contributed by atoms with E-state index in [4.69, 9.17) is 15.4 Å². The lowest BCUT2D eigenvalue weighted by Gasteiger charge is -2.09. The Balaban J connectivity index is 2.22. The van der Waals surface area contributed by atoms with Crippen LogP contribution in [0.1, 0.15) is 5.56 Å². The summed E-state index contributed by atoms with van der Waals surface area (Å²) in [6.45, 7) is -0.539. The van der Waals surface area contributed by atoms with Gasteiger partial charge in [-0.3, -0.25) is 0 Å². The first-order chi connectivity index (χ1) is 9.79. The van der Waals surface area contributed by atoms with Crippen LogP contribution in [0.25, 0.3) is 0 Å². The van der Waals surface area contributed by atoms with Gasteiger partial charge in [0.15, 0.2) is 11.6 Å². The minimum absolute atomic E-state index is 0.346. The third kappa shape index (κ3) is 3.68. The second-order valence-electron chi connectivity index (χ2n) is 4.02. The highest BCUT2D eigenvalue weighted by Crippen LogP contribution is 2.24. The molecule has 0 aliphatic rings. The van der Waals surface area contributed by atoms with Crippen molar-refractivity contribution in [2.75, 3.05) is 0 Å². The van der Waals surface area contributed by atoms with Crippen LogP contribution in [0.4, 0.5) is 13.2 Å². The van der Waals surface area contributed by atoms with Crippen LogP contribution in [0.2, 0.25) is 0 Å². The van der Waals surface area contributed by atoms with E-state index in [1.165, 1.54) is 6.07 Å². The van der Waals surface area contributed by atoms with E-state index in [1.54, 1.807) is 0 Å². The number of hydrogen-bond acceptors (Lipinski definition) is 3. The molecule has 0 fully saturated rings. The van der Waals surface area contributed by atoms with Crippen molar-refractivity contribution in [1.29, 1.82) is 0 Å². The molecular formula is C13H8ClF3O3S. The van der Waals surface area contributed by atoms with Gasteiger partial charge >= 0.3 is 0 Å². The normalized spacial score (nSPS) is 11.4. The number of benzene rings is 2. The first-order valence-corrected chi connectivity index (χ1v) is 7.90. The van der Waals surface area contributed by atoms with Crippen molar-refractivity contribution in [3.8, 4) is 5.75 Å². The highest BCUT2D eigenvalue weighted by molar-refractivity contribution is 8.13. The van der Waals surface area contributed by atoms with Gasteiger partial charge in [-0.25, -0.2) is 21.6 Å². The zero-order chi connectivity index (χ0) is 15.6. The van der Waals surface area contributed by atoms with E-state index in [0.717, 1.165) is 24.3 Å². The molecule has 0 N–H and O–H groups in total. The summed E-state index contributed by atoms with van der Waals surface area (Å²) >= 11 is 0. The lowest BCUT2D eigenvalue weighted by molar-refractivity contribution is 0.278. The minimum Gasteiger partial charge on any atom is -0.486 e. The van der Waals surface area contributed by atoms with Gasteiger partial charge < -0.3 is 4.74 Å². The SMILES string of the molecule is O=S(=O)(Cl)c1ccc(OCc2c(F)cccc2F)c(F)c1. The van der Waals surface area contributed by atoms with Crippen LogP contribution in [0.3, 0.4) is 0 Å². The lowest BCUT2D eigenvalue weighted by atomic mass is 10.2. The fourth-order valence-corrected chi connectivity index (χ4v) is 2.33. The molecule has 2 rings (SSSR count). The minimum atomic E-state index is -4.07. The van der Waals surface area contributed by atoms with Gasteiger partial charge in [0, 0.05) is 10.7 Å². The first kappa shape index (κ1) is 15.7. The molecule has 0 aliphatic heterocycles. The van der Waals surface area contributed by atoms with Crippen LogP contribution >= 0.6 is 10.7 Å². The van der Waals surface area contributed by atoms with Gasteiger partial charge in [-0.05, 0) is 30.3 Å². The van der Waals surface area contributed by atoms with E-state index in [-0.39, 0.29) is 11.3 Å². The van der Waals surface area contributed by atoms with Crippen molar-refractivity contribution in [1.82, 2.24) is 0 Å². The van der Waals surface area contributed by atoms with E-state index in [9.17, 15) is 21.6 Å². The Morgan fingerprint density at radius 1 is 1.00 bits per heavy atom. The molecule has 0 bridgehead atoms. The number of rotatable bonds is 4.